The van der Waals surface area contributed by atoms with Gasteiger partial charge in [0.15, 0.2) is 0 Å². The van der Waals surface area contributed by atoms with E-state index in [2.05, 4.69) is 43.7 Å². The Kier molecular flexibility index (Phi) is 4.06. The van der Waals surface area contributed by atoms with Crippen LogP contribution in [0.4, 0.5) is 5.69 Å². The number of aryl methyl sites for hydroxylation is 1. The van der Waals surface area contributed by atoms with Crippen molar-refractivity contribution >= 4 is 16.6 Å². The molecule has 1 aliphatic rings. The average Bonchev–Trinajstić information content (AvgIpc) is 3.16. The third-order valence-electron chi connectivity index (χ3n) is 4.96. The molecule has 0 N–H and O–H groups in total. The first-order chi connectivity index (χ1) is 12.3. The zero-order valence-corrected chi connectivity index (χ0v) is 14.3. The van der Waals surface area contributed by atoms with Crippen LogP contribution >= 0.6 is 0 Å². The second kappa shape index (κ2) is 6.52. The summed E-state index contributed by atoms with van der Waals surface area (Å²) < 4.78 is 2.12. The zero-order chi connectivity index (χ0) is 17.2. The maximum Gasteiger partial charge on any atom is 0.137 e. The van der Waals surface area contributed by atoms with Gasteiger partial charge >= 0.3 is 0 Å². The SMILES string of the molecule is CCn1cnnc1[C@@H]1CCCN(c2c(C#N)cnc3ccccc23)C1. The second-order valence-electron chi connectivity index (χ2n) is 6.41. The number of aromatic nitrogens is 4. The smallest absolute Gasteiger partial charge is 0.137 e. The van der Waals surface area contributed by atoms with Gasteiger partial charge in [0.05, 0.1) is 16.8 Å². The standard InChI is InChI=1S/C19H20N6/c1-2-24-13-22-23-19(24)14-6-5-9-25(12-14)18-15(10-20)11-21-17-8-4-3-7-16(17)18/h3-4,7-8,11,13-14H,2,5-6,9,12H2,1H3/t14-/m1/s1. The Morgan fingerprint density at radius 1 is 1.32 bits per heavy atom. The molecule has 1 fully saturated rings. The highest BCUT2D eigenvalue weighted by atomic mass is 15.3. The molecule has 3 heterocycles. The highest BCUT2D eigenvalue weighted by Gasteiger charge is 2.27. The van der Waals surface area contributed by atoms with Crippen LogP contribution in [0.25, 0.3) is 10.9 Å². The number of piperidine rings is 1. The predicted octanol–water partition coefficient (Wildman–Crippen LogP) is 3.10. The van der Waals surface area contributed by atoms with Crippen LogP contribution in [-0.2, 0) is 6.54 Å². The molecule has 3 aromatic rings. The monoisotopic (exact) mass is 332 g/mol. The van der Waals surface area contributed by atoms with Crippen LogP contribution in [0.15, 0.2) is 36.8 Å². The van der Waals surface area contributed by atoms with Crippen molar-refractivity contribution in [1.29, 1.82) is 5.26 Å². The molecule has 0 bridgehead atoms. The van der Waals surface area contributed by atoms with Gasteiger partial charge in [-0.05, 0) is 25.8 Å². The van der Waals surface area contributed by atoms with E-state index in [0.29, 0.717) is 11.5 Å². The molecule has 0 spiro atoms. The van der Waals surface area contributed by atoms with E-state index in [1.807, 2.05) is 18.2 Å². The summed E-state index contributed by atoms with van der Waals surface area (Å²) in [6.07, 6.45) is 5.66. The van der Waals surface area contributed by atoms with Gasteiger partial charge < -0.3 is 9.47 Å². The largest absolute Gasteiger partial charge is 0.369 e. The van der Waals surface area contributed by atoms with Crippen molar-refractivity contribution in [2.24, 2.45) is 0 Å². The van der Waals surface area contributed by atoms with E-state index in [9.17, 15) is 5.26 Å². The summed E-state index contributed by atoms with van der Waals surface area (Å²) in [5.41, 5.74) is 2.56. The quantitative estimate of drug-likeness (QED) is 0.737. The van der Waals surface area contributed by atoms with Crippen molar-refractivity contribution in [2.45, 2.75) is 32.2 Å². The summed E-state index contributed by atoms with van der Waals surface area (Å²) in [7, 11) is 0. The minimum atomic E-state index is 0.328. The van der Waals surface area contributed by atoms with E-state index < -0.39 is 0 Å². The molecule has 6 nitrogen and oxygen atoms in total. The number of nitriles is 1. The Morgan fingerprint density at radius 2 is 2.20 bits per heavy atom. The lowest BCUT2D eigenvalue weighted by molar-refractivity contribution is 0.473. The summed E-state index contributed by atoms with van der Waals surface area (Å²) in [4.78, 5) is 6.75. The van der Waals surface area contributed by atoms with Crippen molar-refractivity contribution in [2.75, 3.05) is 18.0 Å². The average molecular weight is 332 g/mol. The van der Waals surface area contributed by atoms with E-state index in [-0.39, 0.29) is 0 Å². The third-order valence-corrected chi connectivity index (χ3v) is 4.96. The highest BCUT2D eigenvalue weighted by molar-refractivity contribution is 5.94. The lowest BCUT2D eigenvalue weighted by Crippen LogP contribution is -2.36. The second-order valence-corrected chi connectivity index (χ2v) is 6.41. The topological polar surface area (TPSA) is 70.6 Å². The van der Waals surface area contributed by atoms with Crippen LogP contribution in [0.3, 0.4) is 0 Å². The molecule has 6 heteroatoms. The van der Waals surface area contributed by atoms with Crippen LogP contribution in [0.1, 0.15) is 37.1 Å². The van der Waals surface area contributed by atoms with Gasteiger partial charge in [0, 0.05) is 37.1 Å². The molecule has 0 unspecified atom stereocenters. The molecule has 1 aliphatic heterocycles. The molecule has 4 rings (SSSR count). The van der Waals surface area contributed by atoms with Gasteiger partial charge in [0.2, 0.25) is 0 Å². The van der Waals surface area contributed by atoms with E-state index in [4.69, 9.17) is 0 Å². The summed E-state index contributed by atoms with van der Waals surface area (Å²) in [6.45, 7) is 4.78. The van der Waals surface area contributed by atoms with Gasteiger partial charge in [0.25, 0.3) is 0 Å². The van der Waals surface area contributed by atoms with Crippen LogP contribution in [0, 0.1) is 11.3 Å². The summed E-state index contributed by atoms with van der Waals surface area (Å²) in [6, 6.07) is 10.4. The highest BCUT2D eigenvalue weighted by Crippen LogP contribution is 2.34. The lowest BCUT2D eigenvalue weighted by Gasteiger charge is -2.35. The van der Waals surface area contributed by atoms with Crippen molar-refractivity contribution in [1.82, 2.24) is 19.7 Å². The maximum atomic E-state index is 9.60. The molecule has 0 amide bonds. The maximum absolute atomic E-state index is 9.60. The van der Waals surface area contributed by atoms with E-state index in [0.717, 1.165) is 54.9 Å². The Labute approximate surface area is 146 Å². The van der Waals surface area contributed by atoms with Crippen LogP contribution in [0.5, 0.6) is 0 Å². The van der Waals surface area contributed by atoms with E-state index >= 15 is 0 Å². The van der Waals surface area contributed by atoms with Crippen LogP contribution in [-0.4, -0.2) is 32.8 Å². The predicted molar refractivity (Wildman–Crippen MR) is 96.3 cm³/mol. The Hall–Kier alpha value is -2.94. The Bertz CT molecular complexity index is 938. The molecular weight excluding hydrogens is 312 g/mol. The fourth-order valence-corrected chi connectivity index (χ4v) is 3.76. The van der Waals surface area contributed by atoms with Crippen molar-refractivity contribution < 1.29 is 0 Å². The van der Waals surface area contributed by atoms with Crippen LogP contribution < -0.4 is 4.90 Å². The molecule has 1 saturated heterocycles. The van der Waals surface area contributed by atoms with Crippen LogP contribution in [0.2, 0.25) is 0 Å². The third kappa shape index (κ3) is 2.72. The van der Waals surface area contributed by atoms with Gasteiger partial charge in [-0.15, -0.1) is 10.2 Å². The molecule has 0 saturated carbocycles. The molecule has 0 aliphatic carbocycles. The molecule has 0 radical (unpaired) electrons. The van der Waals surface area contributed by atoms with Gasteiger partial charge in [-0.3, -0.25) is 4.98 Å². The Balaban J connectivity index is 1.75. The number of rotatable bonds is 3. The molecule has 2 aromatic heterocycles. The molecule has 25 heavy (non-hydrogen) atoms. The number of fused-ring (bicyclic) bond motifs is 1. The van der Waals surface area contributed by atoms with Gasteiger partial charge in [-0.2, -0.15) is 5.26 Å². The number of anilines is 1. The number of para-hydroxylation sites is 1. The molecule has 126 valence electrons. The number of hydrogen-bond acceptors (Lipinski definition) is 5. The van der Waals surface area contributed by atoms with Crippen molar-refractivity contribution in [3.05, 3.63) is 48.2 Å². The van der Waals surface area contributed by atoms with Gasteiger partial charge in [0.1, 0.15) is 18.2 Å². The minimum Gasteiger partial charge on any atom is -0.369 e. The Morgan fingerprint density at radius 3 is 3.04 bits per heavy atom. The van der Waals surface area contributed by atoms with Crippen molar-refractivity contribution in [3.8, 4) is 6.07 Å². The fourth-order valence-electron chi connectivity index (χ4n) is 3.76. The molecule has 1 atom stereocenters. The number of pyridine rings is 1. The number of nitrogens with zero attached hydrogens (tertiary/aromatic N) is 6. The van der Waals surface area contributed by atoms with E-state index in [1.165, 1.54) is 0 Å². The van der Waals surface area contributed by atoms with Gasteiger partial charge in [-0.1, -0.05) is 18.2 Å². The van der Waals surface area contributed by atoms with E-state index in [1.54, 1.807) is 12.5 Å². The molecular formula is C19H20N6. The number of benzene rings is 1. The zero-order valence-electron chi connectivity index (χ0n) is 14.3. The normalized spacial score (nSPS) is 17.6. The van der Waals surface area contributed by atoms with Gasteiger partial charge in [-0.25, -0.2) is 0 Å². The fraction of sp³-hybridized carbons (Fsp3) is 0.368. The lowest BCUT2D eigenvalue weighted by atomic mass is 9.95. The molecule has 1 aromatic carbocycles. The van der Waals surface area contributed by atoms with Crippen molar-refractivity contribution in [3.63, 3.8) is 0 Å². The summed E-state index contributed by atoms with van der Waals surface area (Å²) in [5.74, 6) is 1.37. The summed E-state index contributed by atoms with van der Waals surface area (Å²) >= 11 is 0. The first-order valence-corrected chi connectivity index (χ1v) is 8.72. The first-order valence-electron chi connectivity index (χ1n) is 8.72. The first kappa shape index (κ1) is 15.6. The summed E-state index contributed by atoms with van der Waals surface area (Å²) in [5, 5.41) is 19.1. The number of hydrogen-bond donors (Lipinski definition) is 0. The minimum absolute atomic E-state index is 0.328.